The maximum atomic E-state index is 13.5. The smallest absolute Gasteiger partial charge is 0.411 e. The van der Waals surface area contributed by atoms with Gasteiger partial charge in [-0.05, 0) is 30.9 Å². The Balaban J connectivity index is 1.59. The van der Waals surface area contributed by atoms with E-state index in [1.165, 1.54) is 10.3 Å². The topological polar surface area (TPSA) is 91.8 Å². The zero-order valence-electron chi connectivity index (χ0n) is 15.7. The van der Waals surface area contributed by atoms with Crippen molar-refractivity contribution in [3.63, 3.8) is 0 Å². The van der Waals surface area contributed by atoms with E-state index in [0.717, 1.165) is 18.3 Å². The lowest BCUT2D eigenvalue weighted by Gasteiger charge is -2.29. The van der Waals surface area contributed by atoms with Gasteiger partial charge in [-0.3, -0.25) is 5.32 Å². The van der Waals surface area contributed by atoms with E-state index in [4.69, 9.17) is 9.84 Å². The third-order valence-electron chi connectivity index (χ3n) is 4.68. The molecule has 0 spiro atoms. The molecule has 2 amide bonds. The summed E-state index contributed by atoms with van der Waals surface area (Å²) in [5.74, 6) is -2.94. The molecule has 1 aromatic carbocycles. The third-order valence-corrected chi connectivity index (χ3v) is 5.56. The first-order valence-electron chi connectivity index (χ1n) is 9.09. The van der Waals surface area contributed by atoms with Crippen LogP contribution in [0, 0.1) is 5.92 Å². The normalized spacial score (nSPS) is 15.2. The summed E-state index contributed by atoms with van der Waals surface area (Å²) in [5.41, 5.74) is 0.626. The minimum Gasteiger partial charge on any atom is -0.465 e. The van der Waals surface area contributed by atoms with E-state index in [1.54, 1.807) is 24.3 Å². The summed E-state index contributed by atoms with van der Waals surface area (Å²) in [6.07, 6.45) is -0.340. The Labute approximate surface area is 170 Å². The van der Waals surface area contributed by atoms with Gasteiger partial charge in [-0.15, -0.1) is 11.3 Å². The number of hydrogen-bond acceptors (Lipinski definition) is 5. The Bertz CT molecular complexity index is 876. The average Bonchev–Trinajstić information content (AvgIpc) is 3.18. The minimum absolute atomic E-state index is 0.0971. The highest BCUT2D eigenvalue weighted by Gasteiger charge is 2.28. The fraction of sp³-hybridized carbons (Fsp3) is 0.421. The van der Waals surface area contributed by atoms with Crippen molar-refractivity contribution >= 4 is 29.2 Å². The summed E-state index contributed by atoms with van der Waals surface area (Å²) in [5, 5.41) is 13.3. The fourth-order valence-corrected chi connectivity index (χ4v) is 3.95. The first-order valence-corrected chi connectivity index (χ1v) is 9.97. The molecule has 1 saturated heterocycles. The van der Waals surface area contributed by atoms with Gasteiger partial charge in [0.05, 0.1) is 12.3 Å². The Morgan fingerprint density at radius 2 is 2.03 bits per heavy atom. The number of ether oxygens (including phenoxy) is 1. The van der Waals surface area contributed by atoms with Crippen molar-refractivity contribution in [3.8, 4) is 10.6 Å². The first kappa shape index (κ1) is 21.0. The van der Waals surface area contributed by atoms with Gasteiger partial charge in [-0.25, -0.2) is 14.6 Å². The van der Waals surface area contributed by atoms with E-state index < -0.39 is 18.1 Å². The molecule has 1 aliphatic heterocycles. The van der Waals surface area contributed by atoms with Crippen LogP contribution in [-0.4, -0.2) is 46.9 Å². The monoisotopic (exact) mass is 425 g/mol. The van der Waals surface area contributed by atoms with Crippen molar-refractivity contribution in [1.29, 1.82) is 0 Å². The molecular formula is C19H21F2N3O4S. The maximum absolute atomic E-state index is 13.5. The molecule has 0 atom stereocenters. The Hall–Kier alpha value is -2.75. The van der Waals surface area contributed by atoms with Crippen molar-refractivity contribution in [2.75, 3.05) is 25.0 Å². The van der Waals surface area contributed by atoms with Gasteiger partial charge < -0.3 is 14.7 Å². The molecule has 0 aliphatic carbocycles. The predicted octanol–water partition coefficient (Wildman–Crippen LogP) is 4.86. The summed E-state index contributed by atoms with van der Waals surface area (Å²) < 4.78 is 32.2. The van der Waals surface area contributed by atoms with Crippen molar-refractivity contribution < 1.29 is 28.2 Å². The van der Waals surface area contributed by atoms with Gasteiger partial charge in [0.25, 0.3) is 5.92 Å². The number of carbonyl (C=O) groups excluding carboxylic acids is 1. The molecule has 1 fully saturated rings. The molecule has 3 rings (SSSR count). The number of amides is 2. The van der Waals surface area contributed by atoms with Gasteiger partial charge >= 0.3 is 12.2 Å². The van der Waals surface area contributed by atoms with E-state index >= 15 is 0 Å². The number of alkyl halides is 2. The Kier molecular flexibility index (Phi) is 6.31. The van der Waals surface area contributed by atoms with Crippen molar-refractivity contribution in [1.82, 2.24) is 9.88 Å². The number of likely N-dealkylation sites (tertiary alicyclic amines) is 1. The van der Waals surface area contributed by atoms with Crippen LogP contribution in [0.5, 0.6) is 0 Å². The number of halogens is 2. The summed E-state index contributed by atoms with van der Waals surface area (Å²) in [6.45, 7) is 1.81. The number of anilines is 1. The molecule has 1 aliphatic rings. The van der Waals surface area contributed by atoms with Crippen molar-refractivity contribution in [2.24, 2.45) is 5.92 Å². The molecule has 2 heterocycles. The van der Waals surface area contributed by atoms with Crippen LogP contribution in [-0.2, 0) is 10.7 Å². The molecule has 156 valence electrons. The number of benzene rings is 1. The van der Waals surface area contributed by atoms with Crippen molar-refractivity contribution in [2.45, 2.75) is 25.7 Å². The second-order valence-corrected chi connectivity index (χ2v) is 7.77. The van der Waals surface area contributed by atoms with Crippen LogP contribution in [0.3, 0.4) is 0 Å². The lowest BCUT2D eigenvalue weighted by molar-refractivity contribution is 0.0135. The number of carboxylic acid groups (broad SMARTS) is 1. The minimum atomic E-state index is -3.04. The number of rotatable bonds is 5. The summed E-state index contributed by atoms with van der Waals surface area (Å²) in [6, 6.07) is 6.78. The number of nitrogens with one attached hydrogen (secondary N) is 1. The second-order valence-electron chi connectivity index (χ2n) is 6.91. The van der Waals surface area contributed by atoms with E-state index in [1.807, 2.05) is 0 Å². The van der Waals surface area contributed by atoms with Gasteiger partial charge in [0, 0.05) is 31.0 Å². The van der Waals surface area contributed by atoms with Crippen LogP contribution in [0.25, 0.3) is 10.6 Å². The average molecular weight is 425 g/mol. The van der Waals surface area contributed by atoms with Crippen LogP contribution in [0.4, 0.5) is 24.1 Å². The lowest BCUT2D eigenvalue weighted by atomic mass is 9.98. The first-order chi connectivity index (χ1) is 13.7. The van der Waals surface area contributed by atoms with Crippen LogP contribution in [0.15, 0.2) is 29.6 Å². The number of carbonyl (C=O) groups is 2. The highest BCUT2D eigenvalue weighted by atomic mass is 32.1. The molecule has 29 heavy (non-hydrogen) atoms. The number of thiazole rings is 1. The molecule has 0 unspecified atom stereocenters. The highest BCUT2D eigenvalue weighted by Crippen LogP contribution is 2.35. The van der Waals surface area contributed by atoms with E-state index in [0.29, 0.717) is 42.2 Å². The van der Waals surface area contributed by atoms with Gasteiger partial charge in [0.1, 0.15) is 10.7 Å². The highest BCUT2D eigenvalue weighted by molar-refractivity contribution is 7.13. The molecule has 2 aromatic rings. The quantitative estimate of drug-likeness (QED) is 0.714. The zero-order valence-corrected chi connectivity index (χ0v) is 16.5. The fourth-order valence-electron chi connectivity index (χ4n) is 3.01. The molecule has 7 nitrogen and oxygen atoms in total. The molecule has 10 heteroatoms. The summed E-state index contributed by atoms with van der Waals surface area (Å²) in [7, 11) is 0. The number of nitrogens with zero attached hydrogens (tertiary/aromatic N) is 2. The molecule has 1 aromatic heterocycles. The van der Waals surface area contributed by atoms with Gasteiger partial charge in [0.2, 0.25) is 0 Å². The van der Waals surface area contributed by atoms with E-state index in [9.17, 15) is 18.4 Å². The number of hydrogen-bond donors (Lipinski definition) is 2. The van der Waals surface area contributed by atoms with Crippen LogP contribution >= 0.6 is 11.3 Å². The standard InChI is InChI=1S/C19H21F2N3O4S/c1-19(20,21)15-11-29-16(23-15)13-4-2-3-5-14(13)22-17(25)28-10-12-6-8-24(9-7-12)18(26)27/h2-5,11-12H,6-10H2,1H3,(H,22,25)(H,26,27). The molecule has 0 saturated carbocycles. The molecule has 0 radical (unpaired) electrons. The maximum Gasteiger partial charge on any atom is 0.411 e. The van der Waals surface area contributed by atoms with E-state index in [2.05, 4.69) is 10.3 Å². The zero-order chi connectivity index (χ0) is 21.0. The molecule has 2 N–H and O–H groups in total. The van der Waals surface area contributed by atoms with Crippen LogP contribution in [0.2, 0.25) is 0 Å². The second kappa shape index (κ2) is 8.73. The largest absolute Gasteiger partial charge is 0.465 e. The lowest BCUT2D eigenvalue weighted by Crippen LogP contribution is -2.38. The number of aromatic nitrogens is 1. The summed E-state index contributed by atoms with van der Waals surface area (Å²) in [4.78, 5) is 28.4. The molecular weight excluding hydrogens is 404 g/mol. The van der Waals surface area contributed by atoms with Gasteiger partial charge in [0.15, 0.2) is 0 Å². The third kappa shape index (κ3) is 5.41. The van der Waals surface area contributed by atoms with Gasteiger partial charge in [-0.2, -0.15) is 8.78 Å². The van der Waals surface area contributed by atoms with Crippen LogP contribution in [0.1, 0.15) is 25.5 Å². The number of piperidine rings is 1. The Morgan fingerprint density at radius 3 is 2.66 bits per heavy atom. The van der Waals surface area contributed by atoms with E-state index in [-0.39, 0.29) is 18.2 Å². The predicted molar refractivity (Wildman–Crippen MR) is 104 cm³/mol. The summed E-state index contributed by atoms with van der Waals surface area (Å²) >= 11 is 1.07. The SMILES string of the molecule is CC(F)(F)c1csc(-c2ccccc2NC(=O)OCC2CCN(C(=O)O)CC2)n1. The van der Waals surface area contributed by atoms with Crippen molar-refractivity contribution in [3.05, 3.63) is 35.3 Å². The number of para-hydroxylation sites is 1. The van der Waals surface area contributed by atoms with Gasteiger partial charge in [-0.1, -0.05) is 12.1 Å². The molecule has 0 bridgehead atoms. The Morgan fingerprint density at radius 1 is 1.34 bits per heavy atom. The van der Waals surface area contributed by atoms with Crippen LogP contribution < -0.4 is 5.32 Å².